The summed E-state index contributed by atoms with van der Waals surface area (Å²) < 4.78 is 0. The van der Waals surface area contributed by atoms with Gasteiger partial charge < -0.3 is 10.2 Å². The fraction of sp³-hybridized carbons (Fsp3) is 0.259. The van der Waals surface area contributed by atoms with E-state index in [0.717, 1.165) is 11.1 Å². The number of rotatable bonds is 9. The number of halogens is 3. The molecule has 0 aliphatic rings. The van der Waals surface area contributed by atoms with Crippen molar-refractivity contribution in [2.45, 2.75) is 45.3 Å². The van der Waals surface area contributed by atoms with Gasteiger partial charge in [-0.15, -0.1) is 0 Å². The summed E-state index contributed by atoms with van der Waals surface area (Å²) >= 11 is 19.1. The minimum atomic E-state index is -0.755. The van der Waals surface area contributed by atoms with Crippen LogP contribution in [0.5, 0.6) is 0 Å². The molecule has 0 saturated carbocycles. The molecule has 0 heterocycles. The van der Waals surface area contributed by atoms with Crippen LogP contribution in [0.4, 0.5) is 0 Å². The van der Waals surface area contributed by atoms with E-state index in [4.69, 9.17) is 34.8 Å². The number of nitrogens with one attached hydrogen (secondary N) is 1. The highest BCUT2D eigenvalue weighted by Gasteiger charge is 2.31. The highest BCUT2D eigenvalue weighted by atomic mass is 35.5. The van der Waals surface area contributed by atoms with Crippen molar-refractivity contribution in [1.82, 2.24) is 10.2 Å². The van der Waals surface area contributed by atoms with E-state index in [1.807, 2.05) is 62.4 Å². The molecule has 0 fully saturated rings. The van der Waals surface area contributed by atoms with Crippen LogP contribution in [-0.2, 0) is 29.0 Å². The lowest BCUT2D eigenvalue weighted by Gasteiger charge is -2.32. The van der Waals surface area contributed by atoms with E-state index in [2.05, 4.69) is 5.32 Å². The molecular weight excluding hydrogens is 491 g/mol. The minimum Gasteiger partial charge on any atom is -0.352 e. The summed E-state index contributed by atoms with van der Waals surface area (Å²) in [7, 11) is 0. The van der Waals surface area contributed by atoms with Crippen LogP contribution in [0.1, 0.15) is 30.5 Å². The Kier molecular flexibility index (Phi) is 9.40. The van der Waals surface area contributed by atoms with Gasteiger partial charge in [-0.05, 0) is 48.7 Å². The average molecular weight is 518 g/mol. The summed E-state index contributed by atoms with van der Waals surface area (Å²) in [5, 5.41) is 4.31. The maximum Gasteiger partial charge on any atom is 0.243 e. The molecule has 1 atom stereocenters. The topological polar surface area (TPSA) is 49.4 Å². The lowest BCUT2D eigenvalue weighted by molar-refractivity contribution is -0.141. The molecule has 2 amide bonds. The van der Waals surface area contributed by atoms with Crippen molar-refractivity contribution in [3.63, 3.8) is 0 Å². The van der Waals surface area contributed by atoms with Gasteiger partial charge in [0, 0.05) is 34.1 Å². The zero-order valence-corrected chi connectivity index (χ0v) is 21.4. The predicted molar refractivity (Wildman–Crippen MR) is 139 cm³/mol. The highest BCUT2D eigenvalue weighted by Crippen LogP contribution is 2.27. The quantitative estimate of drug-likeness (QED) is 0.359. The summed E-state index contributed by atoms with van der Waals surface area (Å²) in [6, 6.07) is 21.2. The molecule has 7 heteroatoms. The summed E-state index contributed by atoms with van der Waals surface area (Å²) in [6.07, 6.45) is 0.315. The zero-order valence-electron chi connectivity index (χ0n) is 19.1. The minimum absolute atomic E-state index is 0.0385. The van der Waals surface area contributed by atoms with Gasteiger partial charge in [0.15, 0.2) is 0 Å². The molecule has 0 aromatic heterocycles. The first-order valence-corrected chi connectivity index (χ1v) is 12.2. The van der Waals surface area contributed by atoms with Crippen molar-refractivity contribution >= 4 is 46.6 Å². The van der Waals surface area contributed by atoms with Crippen LogP contribution in [0.25, 0.3) is 0 Å². The normalized spacial score (nSPS) is 11.8. The second-order valence-electron chi connectivity index (χ2n) is 8.36. The Morgan fingerprint density at radius 3 is 2.03 bits per heavy atom. The summed E-state index contributed by atoms with van der Waals surface area (Å²) in [5.41, 5.74) is 2.22. The van der Waals surface area contributed by atoms with Gasteiger partial charge in [-0.2, -0.15) is 0 Å². The third kappa shape index (κ3) is 6.99. The molecule has 0 spiro atoms. The molecule has 3 aromatic rings. The molecule has 3 aromatic carbocycles. The average Bonchev–Trinajstić information content (AvgIpc) is 2.80. The number of hydrogen-bond acceptors (Lipinski definition) is 2. The number of carbonyl (C=O) groups is 2. The zero-order chi connectivity index (χ0) is 24.7. The predicted octanol–water partition coefficient (Wildman–Crippen LogP) is 6.35. The first-order valence-electron chi connectivity index (χ1n) is 11.1. The van der Waals surface area contributed by atoms with Crippen LogP contribution in [0.3, 0.4) is 0 Å². The van der Waals surface area contributed by atoms with Crippen molar-refractivity contribution in [1.29, 1.82) is 0 Å². The number of nitrogens with zero attached hydrogens (tertiary/aromatic N) is 1. The summed E-state index contributed by atoms with van der Waals surface area (Å²) in [6.45, 7) is 3.95. The van der Waals surface area contributed by atoms with Crippen molar-refractivity contribution in [3.8, 4) is 0 Å². The van der Waals surface area contributed by atoms with E-state index in [1.54, 1.807) is 29.2 Å². The van der Waals surface area contributed by atoms with Crippen LogP contribution in [-0.4, -0.2) is 28.8 Å². The Hall–Kier alpha value is -2.53. The van der Waals surface area contributed by atoms with Gasteiger partial charge in [-0.25, -0.2) is 0 Å². The van der Waals surface area contributed by atoms with Crippen molar-refractivity contribution in [2.75, 3.05) is 0 Å². The fourth-order valence-corrected chi connectivity index (χ4v) is 4.43. The van der Waals surface area contributed by atoms with E-state index in [0.29, 0.717) is 27.1 Å². The maximum absolute atomic E-state index is 13.7. The number of benzene rings is 3. The van der Waals surface area contributed by atoms with Gasteiger partial charge in [0.1, 0.15) is 6.04 Å². The molecular formula is C27H27Cl3N2O2. The molecule has 3 rings (SSSR count). The molecule has 0 bridgehead atoms. The van der Waals surface area contributed by atoms with Crippen LogP contribution in [0, 0.1) is 0 Å². The molecule has 1 N–H and O–H groups in total. The molecule has 0 saturated heterocycles. The maximum atomic E-state index is 13.7. The largest absolute Gasteiger partial charge is 0.352 e. The molecule has 0 aliphatic heterocycles. The van der Waals surface area contributed by atoms with Crippen molar-refractivity contribution in [2.24, 2.45) is 0 Å². The van der Waals surface area contributed by atoms with Crippen LogP contribution < -0.4 is 5.32 Å². The molecule has 0 unspecified atom stereocenters. The molecule has 178 valence electrons. The first-order chi connectivity index (χ1) is 16.3. The van der Waals surface area contributed by atoms with Gasteiger partial charge in [0.2, 0.25) is 11.8 Å². The summed E-state index contributed by atoms with van der Waals surface area (Å²) in [4.78, 5) is 28.7. The van der Waals surface area contributed by atoms with Gasteiger partial charge in [-0.3, -0.25) is 9.59 Å². The number of carbonyl (C=O) groups excluding carboxylic acids is 2. The van der Waals surface area contributed by atoms with Crippen LogP contribution >= 0.6 is 34.8 Å². The molecule has 34 heavy (non-hydrogen) atoms. The first kappa shape index (κ1) is 26.1. The van der Waals surface area contributed by atoms with E-state index in [9.17, 15) is 9.59 Å². The second-order valence-corrected chi connectivity index (χ2v) is 9.58. The third-order valence-corrected chi connectivity index (χ3v) is 6.47. The second kappa shape index (κ2) is 12.3. The molecule has 0 radical (unpaired) electrons. The smallest absolute Gasteiger partial charge is 0.243 e. The Morgan fingerprint density at radius 1 is 0.824 bits per heavy atom. The lowest BCUT2D eigenvalue weighted by atomic mass is 10.0. The number of hydrogen-bond donors (Lipinski definition) is 1. The lowest BCUT2D eigenvalue weighted by Crippen LogP contribution is -2.52. The molecule has 0 aliphatic carbocycles. The fourth-order valence-electron chi connectivity index (χ4n) is 3.70. The standard InChI is InChI=1S/C27H27Cl3N2O2/c1-18(2)31-27(34)25(15-19-9-4-3-5-10-19)32(17-20-11-6-7-12-22(20)28)26(33)16-21-23(29)13-8-14-24(21)30/h3-14,18,25H,15-17H2,1-2H3,(H,31,34)/t25-/m1/s1. The van der Waals surface area contributed by atoms with Crippen molar-refractivity contribution < 1.29 is 9.59 Å². The highest BCUT2D eigenvalue weighted by molar-refractivity contribution is 6.36. The van der Waals surface area contributed by atoms with E-state index >= 15 is 0 Å². The van der Waals surface area contributed by atoms with Crippen LogP contribution in [0.2, 0.25) is 15.1 Å². The Bertz CT molecular complexity index is 1120. The Labute approximate surface area is 215 Å². The number of amides is 2. The Balaban J connectivity index is 2.02. The van der Waals surface area contributed by atoms with Gasteiger partial charge in [0.25, 0.3) is 0 Å². The van der Waals surface area contributed by atoms with Crippen molar-refractivity contribution in [3.05, 3.63) is 105 Å². The monoisotopic (exact) mass is 516 g/mol. The van der Waals surface area contributed by atoms with E-state index in [-0.39, 0.29) is 30.8 Å². The molecule has 4 nitrogen and oxygen atoms in total. The van der Waals surface area contributed by atoms with E-state index in [1.165, 1.54) is 0 Å². The van der Waals surface area contributed by atoms with Gasteiger partial charge >= 0.3 is 0 Å². The third-order valence-electron chi connectivity index (χ3n) is 5.39. The van der Waals surface area contributed by atoms with E-state index < -0.39 is 6.04 Å². The Morgan fingerprint density at radius 2 is 1.41 bits per heavy atom. The summed E-state index contributed by atoms with van der Waals surface area (Å²) in [5.74, 6) is -0.501. The SMILES string of the molecule is CC(C)NC(=O)[C@@H](Cc1ccccc1)N(Cc1ccccc1Cl)C(=O)Cc1c(Cl)cccc1Cl. The van der Waals surface area contributed by atoms with Crippen LogP contribution in [0.15, 0.2) is 72.8 Å². The van der Waals surface area contributed by atoms with Gasteiger partial charge in [-0.1, -0.05) is 89.4 Å². The van der Waals surface area contributed by atoms with Gasteiger partial charge in [0.05, 0.1) is 6.42 Å².